The number of benzene rings is 1. The van der Waals surface area contributed by atoms with Crippen LogP contribution < -0.4 is 0 Å². The van der Waals surface area contributed by atoms with Crippen LogP contribution in [0.4, 0.5) is 0 Å². The fourth-order valence-electron chi connectivity index (χ4n) is 5.42. The molecule has 6 heteroatoms. The highest BCUT2D eigenvalue weighted by molar-refractivity contribution is 5.96. The minimum absolute atomic E-state index is 0.273. The molecule has 1 aliphatic rings. The molecular formula is C28H31N3O3. The number of ether oxygens (including phenoxy) is 1. The maximum Gasteiger partial charge on any atom is 0.337 e. The van der Waals surface area contributed by atoms with Gasteiger partial charge in [0.1, 0.15) is 5.76 Å². The van der Waals surface area contributed by atoms with Gasteiger partial charge < -0.3 is 13.8 Å². The zero-order valence-electron chi connectivity index (χ0n) is 20.4. The Kier molecular flexibility index (Phi) is 5.76. The average Bonchev–Trinajstić information content (AvgIpc) is 3.37. The summed E-state index contributed by atoms with van der Waals surface area (Å²) in [6, 6.07) is 9.78. The van der Waals surface area contributed by atoms with Crippen LogP contribution in [0, 0.1) is 19.3 Å². The first-order valence-electron chi connectivity index (χ1n) is 12.0. The molecule has 1 saturated carbocycles. The number of aromatic nitrogens is 3. The van der Waals surface area contributed by atoms with Crippen LogP contribution in [0.1, 0.15) is 60.8 Å². The summed E-state index contributed by atoms with van der Waals surface area (Å²) in [7, 11) is 1.40. The Morgan fingerprint density at radius 3 is 2.50 bits per heavy atom. The minimum atomic E-state index is -0.332. The highest BCUT2D eigenvalue weighted by atomic mass is 16.5. The van der Waals surface area contributed by atoms with Gasteiger partial charge in [-0.2, -0.15) is 0 Å². The van der Waals surface area contributed by atoms with Crippen LogP contribution in [0.25, 0.3) is 33.3 Å². The molecule has 3 aromatic heterocycles. The van der Waals surface area contributed by atoms with Gasteiger partial charge in [0, 0.05) is 35.6 Å². The summed E-state index contributed by atoms with van der Waals surface area (Å²) < 4.78 is 12.6. The number of hydrogen-bond donors (Lipinski definition) is 0. The zero-order chi connectivity index (χ0) is 23.9. The Morgan fingerprint density at radius 1 is 1.12 bits per heavy atom. The van der Waals surface area contributed by atoms with Gasteiger partial charge in [-0.05, 0) is 55.9 Å². The third kappa shape index (κ3) is 4.02. The number of rotatable bonds is 5. The molecule has 1 aliphatic carbocycles. The lowest BCUT2D eigenvalue weighted by atomic mass is 9.75. The van der Waals surface area contributed by atoms with Gasteiger partial charge in [-0.15, -0.1) is 0 Å². The molecular weight excluding hydrogens is 426 g/mol. The first-order chi connectivity index (χ1) is 16.4. The van der Waals surface area contributed by atoms with Crippen molar-refractivity contribution < 1.29 is 14.1 Å². The number of hydrogen-bond acceptors (Lipinski definition) is 5. The Bertz CT molecular complexity index is 1320. The van der Waals surface area contributed by atoms with Crippen molar-refractivity contribution in [3.63, 3.8) is 0 Å². The van der Waals surface area contributed by atoms with Crippen molar-refractivity contribution in [1.29, 1.82) is 0 Å². The van der Waals surface area contributed by atoms with Crippen LogP contribution in [0.5, 0.6) is 0 Å². The van der Waals surface area contributed by atoms with E-state index in [-0.39, 0.29) is 11.4 Å². The van der Waals surface area contributed by atoms with E-state index >= 15 is 0 Å². The van der Waals surface area contributed by atoms with E-state index in [1.54, 1.807) is 0 Å². The van der Waals surface area contributed by atoms with Gasteiger partial charge in [-0.25, -0.2) is 4.79 Å². The van der Waals surface area contributed by atoms with Crippen LogP contribution >= 0.6 is 0 Å². The van der Waals surface area contributed by atoms with Gasteiger partial charge >= 0.3 is 5.97 Å². The predicted molar refractivity (Wildman–Crippen MR) is 133 cm³/mol. The molecule has 176 valence electrons. The van der Waals surface area contributed by atoms with E-state index in [1.807, 2.05) is 44.3 Å². The lowest BCUT2D eigenvalue weighted by Gasteiger charge is -2.34. The summed E-state index contributed by atoms with van der Waals surface area (Å²) in [5, 5.41) is 4.13. The molecule has 0 unspecified atom stereocenters. The van der Waals surface area contributed by atoms with Gasteiger partial charge in [0.25, 0.3) is 0 Å². The molecule has 1 fully saturated rings. The van der Waals surface area contributed by atoms with E-state index in [0.717, 1.165) is 51.3 Å². The van der Waals surface area contributed by atoms with Crippen molar-refractivity contribution in [3.05, 3.63) is 59.7 Å². The summed E-state index contributed by atoms with van der Waals surface area (Å²) in [6.07, 6.45) is 10.5. The molecule has 5 rings (SSSR count). The molecule has 0 aliphatic heterocycles. The van der Waals surface area contributed by atoms with Gasteiger partial charge in [0.2, 0.25) is 0 Å². The molecule has 0 N–H and O–H groups in total. The van der Waals surface area contributed by atoms with Crippen molar-refractivity contribution in [1.82, 2.24) is 14.7 Å². The third-order valence-corrected chi connectivity index (χ3v) is 7.27. The molecule has 0 amide bonds. The summed E-state index contributed by atoms with van der Waals surface area (Å²) in [5.41, 5.74) is 7.87. The molecule has 34 heavy (non-hydrogen) atoms. The number of carbonyl (C=O) groups is 1. The highest BCUT2D eigenvalue weighted by Gasteiger charge is 2.28. The van der Waals surface area contributed by atoms with E-state index in [0.29, 0.717) is 5.56 Å². The fourth-order valence-corrected chi connectivity index (χ4v) is 5.42. The Balaban J connectivity index is 1.63. The normalized spacial score (nSPS) is 15.5. The monoisotopic (exact) mass is 457 g/mol. The predicted octanol–water partition coefficient (Wildman–Crippen LogP) is 6.73. The number of carbonyl (C=O) groups excluding carboxylic acids is 1. The number of pyridine rings is 1. The van der Waals surface area contributed by atoms with Crippen LogP contribution in [0.2, 0.25) is 0 Å². The van der Waals surface area contributed by atoms with Crippen LogP contribution in [0.15, 0.2) is 47.2 Å². The first kappa shape index (κ1) is 22.4. The molecule has 3 heterocycles. The second-order valence-corrected chi connectivity index (χ2v) is 9.90. The van der Waals surface area contributed by atoms with Crippen molar-refractivity contribution >= 4 is 17.0 Å². The Hall–Kier alpha value is -3.41. The maximum absolute atomic E-state index is 11.9. The molecule has 4 aromatic rings. The van der Waals surface area contributed by atoms with Gasteiger partial charge in [0.15, 0.2) is 0 Å². The van der Waals surface area contributed by atoms with E-state index in [2.05, 4.69) is 28.9 Å². The summed E-state index contributed by atoms with van der Waals surface area (Å²) in [4.78, 5) is 16.8. The molecule has 0 spiro atoms. The SMILES string of the molecule is COC(=O)c1ccc(-c2cn(CC3(C)CCCCC3)c3cc(-c4c(C)noc4C)cnc23)cc1. The standard InChI is InChI=1S/C28H31N3O3/c1-18-25(19(2)34-30-18)22-14-24-26(29-15-22)23(20-8-10-21(11-9-20)27(32)33-4)16-31(24)17-28(3)12-6-5-7-13-28/h8-11,14-16H,5-7,12-13,17H2,1-4H3. The van der Waals surface area contributed by atoms with Crippen molar-refractivity contribution in [2.45, 2.75) is 59.4 Å². The molecule has 0 radical (unpaired) electrons. The van der Waals surface area contributed by atoms with Gasteiger partial charge in [0.05, 0.1) is 29.4 Å². The van der Waals surface area contributed by atoms with Crippen LogP contribution in [-0.2, 0) is 11.3 Å². The highest BCUT2D eigenvalue weighted by Crippen LogP contribution is 2.40. The number of nitrogens with zero attached hydrogens (tertiary/aromatic N) is 3. The topological polar surface area (TPSA) is 70.2 Å². The minimum Gasteiger partial charge on any atom is -0.465 e. The van der Waals surface area contributed by atoms with Gasteiger partial charge in [-0.1, -0.05) is 43.5 Å². The number of fused-ring (bicyclic) bond motifs is 1. The van der Waals surface area contributed by atoms with Crippen molar-refractivity contribution in [3.8, 4) is 22.3 Å². The number of methoxy groups -OCH3 is 1. The third-order valence-electron chi connectivity index (χ3n) is 7.27. The quantitative estimate of drug-likeness (QED) is 0.311. The lowest BCUT2D eigenvalue weighted by molar-refractivity contribution is 0.0600. The van der Waals surface area contributed by atoms with Crippen LogP contribution in [0.3, 0.4) is 0 Å². The van der Waals surface area contributed by atoms with Crippen LogP contribution in [-0.4, -0.2) is 27.8 Å². The second kappa shape index (κ2) is 8.75. The Morgan fingerprint density at radius 2 is 1.85 bits per heavy atom. The van der Waals surface area contributed by atoms with E-state index in [9.17, 15) is 4.79 Å². The maximum atomic E-state index is 11.9. The van der Waals surface area contributed by atoms with Gasteiger partial charge in [-0.3, -0.25) is 4.98 Å². The van der Waals surface area contributed by atoms with E-state index < -0.39 is 0 Å². The largest absolute Gasteiger partial charge is 0.465 e. The van der Waals surface area contributed by atoms with Crippen molar-refractivity contribution in [2.24, 2.45) is 5.41 Å². The lowest BCUT2D eigenvalue weighted by Crippen LogP contribution is -2.25. The number of esters is 1. The zero-order valence-corrected chi connectivity index (χ0v) is 20.4. The first-order valence-corrected chi connectivity index (χ1v) is 12.0. The molecule has 0 saturated heterocycles. The molecule has 0 atom stereocenters. The number of aryl methyl sites for hydroxylation is 2. The van der Waals surface area contributed by atoms with E-state index in [4.69, 9.17) is 14.2 Å². The van der Waals surface area contributed by atoms with E-state index in [1.165, 1.54) is 39.2 Å². The fraction of sp³-hybridized carbons (Fsp3) is 0.393. The second-order valence-electron chi connectivity index (χ2n) is 9.90. The molecule has 0 bridgehead atoms. The Labute approximate surface area is 199 Å². The summed E-state index contributed by atoms with van der Waals surface area (Å²) in [5.74, 6) is 0.469. The smallest absolute Gasteiger partial charge is 0.337 e. The summed E-state index contributed by atoms with van der Waals surface area (Å²) >= 11 is 0. The molecule has 6 nitrogen and oxygen atoms in total. The molecule has 1 aromatic carbocycles. The average molecular weight is 458 g/mol. The summed E-state index contributed by atoms with van der Waals surface area (Å²) in [6.45, 7) is 7.27. The van der Waals surface area contributed by atoms with Crippen molar-refractivity contribution in [2.75, 3.05) is 7.11 Å².